The second kappa shape index (κ2) is 8.42. The summed E-state index contributed by atoms with van der Waals surface area (Å²) in [6.45, 7) is 0.908. The molecule has 0 spiro atoms. The number of nitrogens with zero attached hydrogens (tertiary/aromatic N) is 3. The second-order valence-electron chi connectivity index (χ2n) is 6.88. The number of carbonyl (C=O) groups is 1. The first-order valence-corrected chi connectivity index (χ1v) is 11.4. The number of hydrogen-bond acceptors (Lipinski definition) is 6. The summed E-state index contributed by atoms with van der Waals surface area (Å²) in [5.74, 6) is -0.517. The van der Waals surface area contributed by atoms with Crippen LogP contribution in [-0.2, 0) is 14.8 Å². The molecule has 0 bridgehead atoms. The predicted octanol–water partition coefficient (Wildman–Crippen LogP) is 4.78. The third-order valence-electron chi connectivity index (χ3n) is 4.59. The number of hydrogen-bond donors (Lipinski definition) is 1. The highest BCUT2D eigenvalue weighted by Crippen LogP contribution is 2.31. The fourth-order valence-corrected chi connectivity index (χ4v) is 5.31. The lowest BCUT2D eigenvalue weighted by Gasteiger charge is -2.23. The Kier molecular flexibility index (Phi) is 5.81. The normalized spacial score (nSPS) is 11.6. The van der Waals surface area contributed by atoms with Gasteiger partial charge in [-0.1, -0.05) is 35.3 Å². The van der Waals surface area contributed by atoms with Crippen LogP contribution >= 0.6 is 23.2 Å². The SMILES string of the molecule is Cc1nnc(-c2ccc3cc(N(CC(=O)O)S(=O)(=O)c4cc(Cl)cc(Cl)c4)ccc3c2)o1. The molecule has 0 atom stereocenters. The Morgan fingerprint density at radius 2 is 1.66 bits per heavy atom. The minimum Gasteiger partial charge on any atom is -0.480 e. The van der Waals surface area contributed by atoms with Crippen LogP contribution in [0.5, 0.6) is 0 Å². The Bertz CT molecular complexity index is 1430. The number of halogens is 2. The quantitative estimate of drug-likeness (QED) is 0.412. The van der Waals surface area contributed by atoms with E-state index in [1.807, 2.05) is 6.07 Å². The van der Waals surface area contributed by atoms with Gasteiger partial charge in [0.1, 0.15) is 6.54 Å². The second-order valence-corrected chi connectivity index (χ2v) is 9.62. The van der Waals surface area contributed by atoms with Crippen molar-refractivity contribution in [2.45, 2.75) is 11.8 Å². The van der Waals surface area contributed by atoms with E-state index >= 15 is 0 Å². The smallest absolute Gasteiger partial charge is 0.324 e. The molecule has 164 valence electrons. The van der Waals surface area contributed by atoms with Crippen molar-refractivity contribution in [1.29, 1.82) is 0 Å². The van der Waals surface area contributed by atoms with Crippen molar-refractivity contribution in [2.24, 2.45) is 0 Å². The molecule has 4 aromatic rings. The number of aryl methyl sites for hydroxylation is 1. The molecular formula is C21H15Cl2N3O5S. The van der Waals surface area contributed by atoms with Crippen LogP contribution < -0.4 is 4.31 Å². The maximum atomic E-state index is 13.3. The third-order valence-corrected chi connectivity index (χ3v) is 6.78. The Labute approximate surface area is 193 Å². The Hall–Kier alpha value is -3.14. The molecule has 0 radical (unpaired) electrons. The zero-order chi connectivity index (χ0) is 23.0. The van der Waals surface area contributed by atoms with Crippen LogP contribution in [0.1, 0.15) is 5.89 Å². The van der Waals surface area contributed by atoms with Crippen molar-refractivity contribution >= 4 is 55.7 Å². The zero-order valence-corrected chi connectivity index (χ0v) is 18.8. The van der Waals surface area contributed by atoms with Crippen molar-refractivity contribution in [3.05, 3.63) is 70.5 Å². The molecule has 32 heavy (non-hydrogen) atoms. The largest absolute Gasteiger partial charge is 0.480 e. The first-order chi connectivity index (χ1) is 15.1. The summed E-state index contributed by atoms with van der Waals surface area (Å²) >= 11 is 11.9. The fourth-order valence-electron chi connectivity index (χ4n) is 3.18. The van der Waals surface area contributed by atoms with Crippen LogP contribution in [0.15, 0.2) is 63.9 Å². The molecule has 0 fully saturated rings. The standard InChI is InChI=1S/C21H15Cl2N3O5S/c1-12-24-25-21(31-12)15-3-2-14-7-18(5-4-13(14)6-15)26(11-20(27)28)32(29,30)19-9-16(22)8-17(23)10-19/h2-10H,11H2,1H3,(H,27,28). The highest BCUT2D eigenvalue weighted by atomic mass is 35.5. The number of aliphatic carboxylic acids is 1. The number of anilines is 1. The van der Waals surface area contributed by atoms with Crippen LogP contribution in [0.4, 0.5) is 5.69 Å². The molecule has 0 saturated heterocycles. The van der Waals surface area contributed by atoms with Crippen LogP contribution in [0.2, 0.25) is 10.0 Å². The Morgan fingerprint density at radius 1 is 1.00 bits per heavy atom. The lowest BCUT2D eigenvalue weighted by Crippen LogP contribution is -2.35. The van der Waals surface area contributed by atoms with Gasteiger partial charge in [0.15, 0.2) is 0 Å². The van der Waals surface area contributed by atoms with E-state index in [0.717, 1.165) is 9.69 Å². The van der Waals surface area contributed by atoms with E-state index in [1.54, 1.807) is 31.2 Å². The molecule has 1 heterocycles. The molecule has 3 aromatic carbocycles. The number of sulfonamides is 1. The monoisotopic (exact) mass is 491 g/mol. The predicted molar refractivity (Wildman–Crippen MR) is 121 cm³/mol. The molecule has 0 aliphatic rings. The van der Waals surface area contributed by atoms with Gasteiger partial charge in [0.05, 0.1) is 10.6 Å². The van der Waals surface area contributed by atoms with Gasteiger partial charge in [-0.15, -0.1) is 10.2 Å². The van der Waals surface area contributed by atoms with Gasteiger partial charge < -0.3 is 9.52 Å². The number of benzene rings is 3. The van der Waals surface area contributed by atoms with Gasteiger partial charge in [0, 0.05) is 22.5 Å². The summed E-state index contributed by atoms with van der Waals surface area (Å²) in [6, 6.07) is 14.0. The lowest BCUT2D eigenvalue weighted by molar-refractivity contribution is -0.135. The van der Waals surface area contributed by atoms with Gasteiger partial charge >= 0.3 is 5.97 Å². The van der Waals surface area contributed by atoms with Gasteiger partial charge in [-0.2, -0.15) is 0 Å². The molecule has 0 aliphatic carbocycles. The summed E-state index contributed by atoms with van der Waals surface area (Å²) in [5.41, 5.74) is 0.881. The molecular weight excluding hydrogens is 477 g/mol. The van der Waals surface area contributed by atoms with E-state index in [9.17, 15) is 18.3 Å². The molecule has 8 nitrogen and oxygen atoms in total. The molecule has 0 saturated carbocycles. The van der Waals surface area contributed by atoms with E-state index in [1.165, 1.54) is 24.3 Å². The van der Waals surface area contributed by atoms with Crippen molar-refractivity contribution in [3.8, 4) is 11.5 Å². The first-order valence-electron chi connectivity index (χ1n) is 9.18. The molecule has 0 amide bonds. The van der Waals surface area contributed by atoms with Gasteiger partial charge in [-0.25, -0.2) is 8.42 Å². The third kappa shape index (κ3) is 4.40. The minimum absolute atomic E-state index is 0.119. The van der Waals surface area contributed by atoms with Gasteiger partial charge in [-0.05, 0) is 53.2 Å². The van der Waals surface area contributed by atoms with Crippen LogP contribution in [-0.4, -0.2) is 36.2 Å². The summed E-state index contributed by atoms with van der Waals surface area (Å²) < 4.78 is 32.8. The van der Waals surface area contributed by atoms with Crippen LogP contribution in [0.3, 0.4) is 0 Å². The number of aromatic nitrogens is 2. The number of carboxylic acids is 1. The van der Waals surface area contributed by atoms with E-state index in [4.69, 9.17) is 27.6 Å². The van der Waals surface area contributed by atoms with Gasteiger partial charge in [0.2, 0.25) is 11.8 Å². The summed E-state index contributed by atoms with van der Waals surface area (Å²) in [7, 11) is -4.26. The van der Waals surface area contributed by atoms with Gasteiger partial charge in [-0.3, -0.25) is 9.10 Å². The molecule has 0 aliphatic heterocycles. The van der Waals surface area contributed by atoms with Crippen molar-refractivity contribution in [1.82, 2.24) is 10.2 Å². The molecule has 1 N–H and O–H groups in total. The van der Waals surface area contributed by atoms with E-state index in [0.29, 0.717) is 22.7 Å². The van der Waals surface area contributed by atoms with E-state index < -0.39 is 22.5 Å². The highest BCUT2D eigenvalue weighted by Gasteiger charge is 2.28. The molecule has 0 unspecified atom stereocenters. The zero-order valence-electron chi connectivity index (χ0n) is 16.5. The van der Waals surface area contributed by atoms with E-state index in [2.05, 4.69) is 10.2 Å². The van der Waals surface area contributed by atoms with Crippen LogP contribution in [0, 0.1) is 6.92 Å². The summed E-state index contributed by atoms with van der Waals surface area (Å²) in [6.07, 6.45) is 0. The average Bonchev–Trinajstić information content (AvgIpc) is 3.16. The molecule has 1 aromatic heterocycles. The maximum absolute atomic E-state index is 13.3. The Balaban J connectivity index is 1.79. The topological polar surface area (TPSA) is 114 Å². The lowest BCUT2D eigenvalue weighted by atomic mass is 10.1. The maximum Gasteiger partial charge on any atom is 0.324 e. The van der Waals surface area contributed by atoms with Crippen molar-refractivity contribution in [3.63, 3.8) is 0 Å². The Morgan fingerprint density at radius 3 is 2.28 bits per heavy atom. The number of rotatable bonds is 6. The first kappa shape index (κ1) is 22.1. The summed E-state index contributed by atoms with van der Waals surface area (Å²) in [5, 5.41) is 18.9. The number of carboxylic acid groups (broad SMARTS) is 1. The highest BCUT2D eigenvalue weighted by molar-refractivity contribution is 7.92. The van der Waals surface area contributed by atoms with Crippen molar-refractivity contribution < 1.29 is 22.7 Å². The minimum atomic E-state index is -4.26. The molecule has 11 heteroatoms. The molecule has 4 rings (SSSR count). The van der Waals surface area contributed by atoms with Crippen LogP contribution in [0.25, 0.3) is 22.2 Å². The van der Waals surface area contributed by atoms with Crippen molar-refractivity contribution in [2.75, 3.05) is 10.8 Å². The van der Waals surface area contributed by atoms with E-state index in [-0.39, 0.29) is 20.6 Å². The summed E-state index contributed by atoms with van der Waals surface area (Å²) in [4.78, 5) is 11.3. The van der Waals surface area contributed by atoms with Gasteiger partial charge in [0.25, 0.3) is 10.0 Å². The fraction of sp³-hybridized carbons (Fsp3) is 0.0952. The number of fused-ring (bicyclic) bond motifs is 1. The average molecular weight is 492 g/mol.